The van der Waals surface area contributed by atoms with Gasteiger partial charge in [-0.25, -0.2) is 4.79 Å². The zero-order valence-electron chi connectivity index (χ0n) is 11.7. The Morgan fingerprint density at radius 1 is 1.30 bits per heavy atom. The zero-order chi connectivity index (χ0) is 14.5. The molecule has 1 fully saturated rings. The zero-order valence-corrected chi connectivity index (χ0v) is 11.7. The molecule has 1 aliphatic rings. The number of nitrogens with zero attached hydrogens (tertiary/aromatic N) is 2. The first-order valence-corrected chi connectivity index (χ1v) is 6.76. The number of ether oxygens (including phenoxy) is 1. The van der Waals surface area contributed by atoms with Gasteiger partial charge in [0.2, 0.25) is 5.78 Å². The van der Waals surface area contributed by atoms with Crippen LogP contribution in [0.15, 0.2) is 36.2 Å². The molecule has 1 unspecified atom stereocenters. The van der Waals surface area contributed by atoms with Crippen LogP contribution < -0.4 is 0 Å². The lowest BCUT2D eigenvalue weighted by molar-refractivity contribution is -0.140. The van der Waals surface area contributed by atoms with Crippen LogP contribution in [0.5, 0.6) is 0 Å². The normalized spacial score (nSPS) is 20.3. The average Bonchev–Trinajstić information content (AvgIpc) is 2.72. The summed E-state index contributed by atoms with van der Waals surface area (Å²) in [5, 5.41) is 0. The molecule has 0 amide bonds. The molecule has 1 aromatic rings. The van der Waals surface area contributed by atoms with E-state index >= 15 is 0 Å². The van der Waals surface area contributed by atoms with Gasteiger partial charge in [-0.3, -0.25) is 9.78 Å². The van der Waals surface area contributed by atoms with Gasteiger partial charge in [0.1, 0.15) is 5.57 Å². The minimum atomic E-state index is -0.751. The molecule has 1 saturated heterocycles. The van der Waals surface area contributed by atoms with Gasteiger partial charge >= 0.3 is 5.97 Å². The maximum atomic E-state index is 12.2. The highest BCUT2D eigenvalue weighted by Gasteiger charge is 2.38. The van der Waals surface area contributed by atoms with Crippen molar-refractivity contribution in [2.75, 3.05) is 13.1 Å². The first kappa shape index (κ1) is 14.2. The van der Waals surface area contributed by atoms with E-state index in [-0.39, 0.29) is 11.4 Å². The highest BCUT2D eigenvalue weighted by Crippen LogP contribution is 2.20. The number of aromatic nitrogens is 1. The van der Waals surface area contributed by atoms with Gasteiger partial charge in [0, 0.05) is 37.6 Å². The van der Waals surface area contributed by atoms with Crippen LogP contribution in [-0.2, 0) is 20.7 Å². The number of hydrogen-bond acceptors (Lipinski definition) is 5. The molecule has 0 aliphatic carbocycles. The van der Waals surface area contributed by atoms with Crippen molar-refractivity contribution < 1.29 is 14.3 Å². The van der Waals surface area contributed by atoms with E-state index in [1.54, 1.807) is 18.5 Å². The molecular formula is C15H18N2O3. The summed E-state index contributed by atoms with van der Waals surface area (Å²) < 4.78 is 5.16. The van der Waals surface area contributed by atoms with Crippen molar-refractivity contribution in [2.24, 2.45) is 0 Å². The molecule has 1 aromatic heterocycles. The summed E-state index contributed by atoms with van der Waals surface area (Å²) in [6, 6.07) is 5.46. The molecule has 1 atom stereocenters. The molecule has 0 radical (unpaired) electrons. The number of esters is 1. The fourth-order valence-corrected chi connectivity index (χ4v) is 2.07. The van der Waals surface area contributed by atoms with Crippen molar-refractivity contribution in [1.29, 1.82) is 0 Å². The van der Waals surface area contributed by atoms with Gasteiger partial charge in [-0.1, -0.05) is 6.07 Å². The minimum Gasteiger partial charge on any atom is -0.450 e. The fraction of sp³-hybridized carbons (Fsp3) is 0.400. The fourth-order valence-electron chi connectivity index (χ4n) is 2.07. The van der Waals surface area contributed by atoms with Crippen molar-refractivity contribution >= 4 is 11.8 Å². The number of hydrogen-bond donors (Lipinski definition) is 0. The lowest BCUT2D eigenvalue weighted by Gasteiger charge is -2.14. The topological polar surface area (TPSA) is 59.5 Å². The van der Waals surface area contributed by atoms with Crippen LogP contribution in [0.25, 0.3) is 0 Å². The Labute approximate surface area is 118 Å². The molecule has 2 heterocycles. The van der Waals surface area contributed by atoms with Gasteiger partial charge < -0.3 is 9.64 Å². The van der Waals surface area contributed by atoms with Crippen LogP contribution in [0.4, 0.5) is 0 Å². The van der Waals surface area contributed by atoms with Crippen molar-refractivity contribution in [3.8, 4) is 0 Å². The highest BCUT2D eigenvalue weighted by atomic mass is 16.6. The Hall–Kier alpha value is -2.17. The number of rotatable bonds is 5. The second-order valence-electron chi connectivity index (χ2n) is 4.55. The maximum Gasteiger partial charge on any atom is 0.344 e. The van der Waals surface area contributed by atoms with Gasteiger partial charge in [-0.05, 0) is 26.0 Å². The lowest BCUT2D eigenvalue weighted by Crippen LogP contribution is -2.22. The number of pyridine rings is 1. The Bertz CT molecular complexity index is 521. The molecule has 1 aliphatic heterocycles. The Kier molecular flexibility index (Phi) is 4.50. The number of cyclic esters (lactones) is 1. The molecule has 5 heteroatoms. The largest absolute Gasteiger partial charge is 0.450 e. The smallest absolute Gasteiger partial charge is 0.344 e. The molecule has 20 heavy (non-hydrogen) atoms. The van der Waals surface area contributed by atoms with Gasteiger partial charge in [0.25, 0.3) is 0 Å². The second kappa shape index (κ2) is 6.32. The van der Waals surface area contributed by atoms with Crippen LogP contribution in [0.2, 0.25) is 0 Å². The van der Waals surface area contributed by atoms with Crippen molar-refractivity contribution in [3.05, 3.63) is 41.9 Å². The van der Waals surface area contributed by atoms with E-state index in [0.29, 0.717) is 6.42 Å². The molecular weight excluding hydrogens is 256 g/mol. The Morgan fingerprint density at radius 2 is 2.05 bits per heavy atom. The van der Waals surface area contributed by atoms with E-state index in [4.69, 9.17) is 4.74 Å². The standard InChI is InChI=1S/C15H18N2O3/c1-3-17(4-2)10-12-14(18)13(20-15(12)19)9-11-7-5-6-8-16-11/h5-8,10,13H,3-4,9H2,1-2H3/b12-10-. The number of ketones is 1. The number of carbonyl (C=O) groups is 2. The van der Waals surface area contributed by atoms with Crippen LogP contribution in [0.3, 0.4) is 0 Å². The Morgan fingerprint density at radius 3 is 2.65 bits per heavy atom. The molecule has 0 aromatic carbocycles. The monoisotopic (exact) mass is 274 g/mol. The predicted octanol–water partition coefficient (Wildman–Crippen LogP) is 1.34. The average molecular weight is 274 g/mol. The summed E-state index contributed by atoms with van der Waals surface area (Å²) in [6.45, 7) is 5.42. The summed E-state index contributed by atoms with van der Waals surface area (Å²) in [5.74, 6) is -0.796. The third-order valence-corrected chi connectivity index (χ3v) is 3.27. The van der Waals surface area contributed by atoms with Gasteiger partial charge in [-0.15, -0.1) is 0 Å². The van der Waals surface area contributed by atoms with Gasteiger partial charge in [0.05, 0.1) is 0 Å². The first-order chi connectivity index (χ1) is 9.65. The molecule has 0 N–H and O–H groups in total. The third-order valence-electron chi connectivity index (χ3n) is 3.27. The number of Topliss-reactive ketones (excluding diaryl/α,β-unsaturated/α-hetero) is 1. The van der Waals surface area contributed by atoms with Crippen LogP contribution in [0, 0.1) is 0 Å². The molecule has 0 saturated carbocycles. The molecule has 106 valence electrons. The summed E-state index contributed by atoms with van der Waals surface area (Å²) >= 11 is 0. The molecule has 5 nitrogen and oxygen atoms in total. The first-order valence-electron chi connectivity index (χ1n) is 6.76. The second-order valence-corrected chi connectivity index (χ2v) is 4.55. The van der Waals surface area contributed by atoms with E-state index in [2.05, 4.69) is 4.98 Å². The van der Waals surface area contributed by atoms with Crippen molar-refractivity contribution in [1.82, 2.24) is 9.88 Å². The van der Waals surface area contributed by atoms with Crippen molar-refractivity contribution in [3.63, 3.8) is 0 Å². The molecule has 0 spiro atoms. The van der Waals surface area contributed by atoms with Crippen molar-refractivity contribution in [2.45, 2.75) is 26.4 Å². The van der Waals surface area contributed by atoms with Crippen LogP contribution in [-0.4, -0.2) is 40.8 Å². The van der Waals surface area contributed by atoms with E-state index in [1.807, 2.05) is 30.9 Å². The molecule has 0 bridgehead atoms. The van der Waals surface area contributed by atoms with Gasteiger partial charge in [0.15, 0.2) is 6.10 Å². The van der Waals surface area contributed by atoms with E-state index in [1.165, 1.54) is 0 Å². The molecule has 2 rings (SSSR count). The SMILES string of the molecule is CCN(/C=C1\C(=O)OC(Cc2ccccn2)C1=O)CC. The minimum absolute atomic E-state index is 0.134. The van der Waals surface area contributed by atoms with E-state index in [0.717, 1.165) is 18.8 Å². The number of carbonyl (C=O) groups excluding carboxylic acids is 2. The predicted molar refractivity (Wildman–Crippen MR) is 73.8 cm³/mol. The summed E-state index contributed by atoms with van der Waals surface area (Å²) in [5.41, 5.74) is 0.873. The van der Waals surface area contributed by atoms with Gasteiger partial charge in [-0.2, -0.15) is 0 Å². The summed E-state index contributed by atoms with van der Waals surface area (Å²) in [6.07, 6.45) is 2.83. The summed E-state index contributed by atoms with van der Waals surface area (Å²) in [4.78, 5) is 30.1. The van der Waals surface area contributed by atoms with Crippen LogP contribution in [0.1, 0.15) is 19.5 Å². The van der Waals surface area contributed by atoms with E-state index < -0.39 is 12.1 Å². The quantitative estimate of drug-likeness (QED) is 0.461. The van der Waals surface area contributed by atoms with E-state index in [9.17, 15) is 9.59 Å². The van der Waals surface area contributed by atoms with Crippen LogP contribution >= 0.6 is 0 Å². The highest BCUT2D eigenvalue weighted by molar-refractivity contribution is 6.23. The lowest BCUT2D eigenvalue weighted by atomic mass is 10.1. The Balaban J connectivity index is 2.13. The maximum absolute atomic E-state index is 12.2. The summed E-state index contributed by atoms with van der Waals surface area (Å²) in [7, 11) is 0. The third kappa shape index (κ3) is 3.04.